The van der Waals surface area contributed by atoms with E-state index in [1.165, 1.54) is 25.3 Å². The monoisotopic (exact) mass is 153 g/mol. The molecule has 1 heterocycles. The molecule has 0 aliphatic rings. The van der Waals surface area contributed by atoms with Crippen molar-refractivity contribution in [2.45, 2.75) is 0 Å². The summed E-state index contributed by atoms with van der Waals surface area (Å²) in [6, 6.07) is 2.76. The molecule has 0 N–H and O–H groups in total. The smallest absolute Gasteiger partial charge is 0.213 e. The van der Waals surface area contributed by atoms with Gasteiger partial charge < -0.3 is 4.74 Å². The number of ether oxygens (including phenoxy) is 1. The summed E-state index contributed by atoms with van der Waals surface area (Å²) >= 11 is 0. The molecule has 1 rings (SSSR count). The van der Waals surface area contributed by atoms with Crippen molar-refractivity contribution < 1.29 is 9.13 Å². The standard InChI is InChI=1S/C8H8FNO/c1-3-7-6(9)4-5-8(10-7)11-2/h3-5H,1H2,2H3. The highest BCUT2D eigenvalue weighted by Crippen LogP contribution is 2.11. The first-order chi connectivity index (χ1) is 5.27. The molecule has 0 amide bonds. The molecule has 0 unspecified atom stereocenters. The highest BCUT2D eigenvalue weighted by Gasteiger charge is 2.00. The molecule has 0 spiro atoms. The fraction of sp³-hybridized carbons (Fsp3) is 0.125. The molecule has 0 saturated heterocycles. The van der Waals surface area contributed by atoms with Crippen LogP contribution in [-0.4, -0.2) is 12.1 Å². The van der Waals surface area contributed by atoms with Gasteiger partial charge in [0, 0.05) is 6.07 Å². The topological polar surface area (TPSA) is 22.1 Å². The Morgan fingerprint density at radius 1 is 1.64 bits per heavy atom. The minimum atomic E-state index is -0.388. The summed E-state index contributed by atoms with van der Waals surface area (Å²) < 4.78 is 17.5. The average molecular weight is 153 g/mol. The van der Waals surface area contributed by atoms with Crippen LogP contribution in [0.25, 0.3) is 6.08 Å². The van der Waals surface area contributed by atoms with Gasteiger partial charge in [0.2, 0.25) is 5.88 Å². The van der Waals surface area contributed by atoms with E-state index in [2.05, 4.69) is 11.6 Å². The molecule has 0 aliphatic carbocycles. The highest BCUT2D eigenvalue weighted by atomic mass is 19.1. The third-order valence-electron chi connectivity index (χ3n) is 1.25. The van der Waals surface area contributed by atoms with E-state index >= 15 is 0 Å². The molecular formula is C8H8FNO. The Bertz CT molecular complexity index is 273. The molecular weight excluding hydrogens is 145 g/mol. The molecule has 0 radical (unpaired) electrons. The van der Waals surface area contributed by atoms with Gasteiger partial charge in [0.05, 0.1) is 7.11 Å². The van der Waals surface area contributed by atoms with E-state index in [4.69, 9.17) is 4.74 Å². The second kappa shape index (κ2) is 3.14. The van der Waals surface area contributed by atoms with E-state index in [1.807, 2.05) is 0 Å². The maximum Gasteiger partial charge on any atom is 0.213 e. The lowest BCUT2D eigenvalue weighted by Gasteiger charge is -1.99. The Labute approximate surface area is 64.3 Å². The van der Waals surface area contributed by atoms with Crippen LogP contribution < -0.4 is 4.74 Å². The fourth-order valence-electron chi connectivity index (χ4n) is 0.696. The maximum atomic E-state index is 12.7. The quantitative estimate of drug-likeness (QED) is 0.647. The Kier molecular flexibility index (Phi) is 2.21. The third kappa shape index (κ3) is 1.55. The Balaban J connectivity index is 3.12. The molecule has 0 aromatic carbocycles. The van der Waals surface area contributed by atoms with Crippen molar-refractivity contribution >= 4 is 6.08 Å². The van der Waals surface area contributed by atoms with E-state index in [0.717, 1.165) is 0 Å². The lowest BCUT2D eigenvalue weighted by molar-refractivity contribution is 0.395. The van der Waals surface area contributed by atoms with Gasteiger partial charge >= 0.3 is 0 Å². The number of hydrogen-bond donors (Lipinski definition) is 0. The zero-order chi connectivity index (χ0) is 8.27. The number of methoxy groups -OCH3 is 1. The zero-order valence-electron chi connectivity index (χ0n) is 6.17. The highest BCUT2D eigenvalue weighted by molar-refractivity contribution is 5.43. The van der Waals surface area contributed by atoms with Gasteiger partial charge in [0.1, 0.15) is 11.5 Å². The summed E-state index contributed by atoms with van der Waals surface area (Å²) in [7, 11) is 1.48. The molecule has 3 heteroatoms. The van der Waals surface area contributed by atoms with Crippen molar-refractivity contribution in [1.29, 1.82) is 0 Å². The molecule has 2 nitrogen and oxygen atoms in total. The van der Waals surface area contributed by atoms with Crippen LogP contribution in [0.5, 0.6) is 5.88 Å². The summed E-state index contributed by atoms with van der Waals surface area (Å²) in [5, 5.41) is 0. The molecule has 0 bridgehead atoms. The summed E-state index contributed by atoms with van der Waals surface area (Å²) in [6.07, 6.45) is 1.35. The first kappa shape index (κ1) is 7.72. The van der Waals surface area contributed by atoms with Gasteiger partial charge in [-0.25, -0.2) is 9.37 Å². The van der Waals surface area contributed by atoms with E-state index < -0.39 is 0 Å². The van der Waals surface area contributed by atoms with Crippen LogP contribution in [0.1, 0.15) is 5.69 Å². The maximum absolute atomic E-state index is 12.7. The van der Waals surface area contributed by atoms with Gasteiger partial charge in [0.15, 0.2) is 0 Å². The van der Waals surface area contributed by atoms with Gasteiger partial charge in [-0.2, -0.15) is 0 Å². The van der Waals surface area contributed by atoms with Crippen molar-refractivity contribution in [3.05, 3.63) is 30.2 Å². The van der Waals surface area contributed by atoms with Crippen LogP contribution in [0, 0.1) is 5.82 Å². The van der Waals surface area contributed by atoms with E-state index in [9.17, 15) is 4.39 Å². The van der Waals surface area contributed by atoms with Crippen LogP contribution >= 0.6 is 0 Å². The number of nitrogens with zero attached hydrogens (tertiary/aromatic N) is 1. The Morgan fingerprint density at radius 2 is 2.36 bits per heavy atom. The number of hydrogen-bond acceptors (Lipinski definition) is 2. The van der Waals surface area contributed by atoms with Crippen LogP contribution in [0.2, 0.25) is 0 Å². The minimum Gasteiger partial charge on any atom is -0.481 e. The summed E-state index contributed by atoms with van der Waals surface area (Å²) in [6.45, 7) is 3.41. The molecule has 1 aromatic heterocycles. The molecule has 58 valence electrons. The van der Waals surface area contributed by atoms with E-state index in [0.29, 0.717) is 5.88 Å². The van der Waals surface area contributed by atoms with Crippen molar-refractivity contribution in [3.8, 4) is 5.88 Å². The van der Waals surface area contributed by atoms with Gasteiger partial charge in [-0.3, -0.25) is 0 Å². The van der Waals surface area contributed by atoms with Crippen molar-refractivity contribution in [3.63, 3.8) is 0 Å². The second-order valence-electron chi connectivity index (χ2n) is 1.92. The summed E-state index contributed by atoms with van der Waals surface area (Å²) in [5.74, 6) is 0.00194. The Hall–Kier alpha value is -1.38. The molecule has 1 aromatic rings. The second-order valence-corrected chi connectivity index (χ2v) is 1.92. The Morgan fingerprint density at radius 3 is 2.91 bits per heavy atom. The number of pyridine rings is 1. The lowest BCUT2D eigenvalue weighted by atomic mass is 10.3. The molecule has 0 atom stereocenters. The van der Waals surface area contributed by atoms with Crippen molar-refractivity contribution in [1.82, 2.24) is 4.98 Å². The predicted octanol–water partition coefficient (Wildman–Crippen LogP) is 1.87. The lowest BCUT2D eigenvalue weighted by Crippen LogP contribution is -1.91. The number of rotatable bonds is 2. The third-order valence-corrected chi connectivity index (χ3v) is 1.25. The first-order valence-electron chi connectivity index (χ1n) is 3.11. The molecule has 0 fully saturated rings. The minimum absolute atomic E-state index is 0.212. The zero-order valence-corrected chi connectivity index (χ0v) is 6.17. The van der Waals surface area contributed by atoms with Crippen LogP contribution in [0.3, 0.4) is 0 Å². The van der Waals surface area contributed by atoms with Crippen LogP contribution in [-0.2, 0) is 0 Å². The number of halogens is 1. The molecule has 0 saturated carbocycles. The largest absolute Gasteiger partial charge is 0.481 e. The van der Waals surface area contributed by atoms with Crippen molar-refractivity contribution in [2.24, 2.45) is 0 Å². The number of aromatic nitrogens is 1. The summed E-state index contributed by atoms with van der Waals surface area (Å²) in [4.78, 5) is 3.79. The SMILES string of the molecule is C=Cc1nc(OC)ccc1F. The normalized spacial score (nSPS) is 9.27. The summed E-state index contributed by atoms with van der Waals surface area (Å²) in [5.41, 5.74) is 0.212. The first-order valence-corrected chi connectivity index (χ1v) is 3.11. The van der Waals surface area contributed by atoms with E-state index in [-0.39, 0.29) is 11.5 Å². The van der Waals surface area contributed by atoms with Crippen LogP contribution in [0.15, 0.2) is 18.7 Å². The average Bonchev–Trinajstić information content (AvgIpc) is 2.05. The van der Waals surface area contributed by atoms with E-state index in [1.54, 1.807) is 0 Å². The van der Waals surface area contributed by atoms with Gasteiger partial charge in [-0.05, 0) is 12.1 Å². The van der Waals surface area contributed by atoms with Gasteiger partial charge in [-0.1, -0.05) is 6.58 Å². The van der Waals surface area contributed by atoms with Gasteiger partial charge in [-0.15, -0.1) is 0 Å². The predicted molar refractivity (Wildman–Crippen MR) is 40.8 cm³/mol. The molecule has 0 aliphatic heterocycles. The van der Waals surface area contributed by atoms with Gasteiger partial charge in [0.25, 0.3) is 0 Å². The van der Waals surface area contributed by atoms with Crippen molar-refractivity contribution in [2.75, 3.05) is 7.11 Å². The van der Waals surface area contributed by atoms with Crippen LogP contribution in [0.4, 0.5) is 4.39 Å². The fourth-order valence-corrected chi connectivity index (χ4v) is 0.696. The molecule has 11 heavy (non-hydrogen) atoms.